The van der Waals surface area contributed by atoms with Crippen LogP contribution in [0.3, 0.4) is 0 Å². The number of carbonyl (C=O) groups is 1. The molecule has 0 aromatic heterocycles. The molecular formula is C13H13NO4S. The van der Waals surface area contributed by atoms with Crippen LogP contribution in [0, 0.1) is 21.4 Å². The number of hydrogen-bond acceptors (Lipinski definition) is 5. The highest BCUT2D eigenvalue weighted by Crippen LogP contribution is 2.71. The summed E-state index contributed by atoms with van der Waals surface area (Å²) in [5, 5.41) is 10.9. The largest absolute Gasteiger partial charge is 0.496 e. The fourth-order valence-corrected chi connectivity index (χ4v) is 5.11. The molecule has 0 radical (unpaired) electrons. The number of nitro groups is 1. The normalized spacial score (nSPS) is 35.5. The molecular weight excluding hydrogens is 266 g/mol. The number of fused-ring (bicyclic) bond motifs is 1. The van der Waals surface area contributed by atoms with E-state index in [9.17, 15) is 14.9 Å². The van der Waals surface area contributed by atoms with Gasteiger partial charge in [0.1, 0.15) is 17.5 Å². The summed E-state index contributed by atoms with van der Waals surface area (Å²) in [6.07, 6.45) is 0.794. The molecule has 1 aromatic rings. The molecule has 1 aliphatic heterocycles. The Bertz CT molecular complexity index is 549. The van der Waals surface area contributed by atoms with E-state index < -0.39 is 11.5 Å². The lowest BCUT2D eigenvalue weighted by molar-refractivity contribution is -0.503. The second-order valence-electron chi connectivity index (χ2n) is 4.91. The average Bonchev–Trinajstić information content (AvgIpc) is 2.95. The van der Waals surface area contributed by atoms with Gasteiger partial charge in [-0.25, -0.2) is 0 Å². The molecule has 6 heteroatoms. The number of carbonyl (C=O) groups excluding carboxylic acids is 1. The van der Waals surface area contributed by atoms with Gasteiger partial charge in [-0.15, -0.1) is 0 Å². The first-order valence-corrected chi connectivity index (χ1v) is 7.06. The molecule has 19 heavy (non-hydrogen) atoms. The molecule has 1 saturated carbocycles. The van der Waals surface area contributed by atoms with Crippen molar-refractivity contribution in [2.45, 2.75) is 11.3 Å². The van der Waals surface area contributed by atoms with Crippen LogP contribution in [0.25, 0.3) is 0 Å². The minimum Gasteiger partial charge on any atom is -0.496 e. The zero-order chi connectivity index (χ0) is 13.6. The number of thioether (sulfide) groups is 1. The Labute approximate surface area is 114 Å². The molecule has 0 N–H and O–H groups in total. The van der Waals surface area contributed by atoms with Crippen LogP contribution in [0.4, 0.5) is 0 Å². The SMILES string of the molecule is COc1ccccc1[C@@H]1SC[C@H]2[C@H]([N+](=O)[O-])[C@@]12C=O. The molecule has 5 nitrogen and oxygen atoms in total. The molecule has 0 bridgehead atoms. The summed E-state index contributed by atoms with van der Waals surface area (Å²) in [6, 6.07) is 6.70. The average molecular weight is 279 g/mol. The number of para-hydroxylation sites is 1. The highest BCUT2D eigenvalue weighted by atomic mass is 32.2. The van der Waals surface area contributed by atoms with Crippen molar-refractivity contribution in [1.29, 1.82) is 0 Å². The molecule has 0 unspecified atom stereocenters. The lowest BCUT2D eigenvalue weighted by Crippen LogP contribution is -2.21. The molecule has 1 heterocycles. The van der Waals surface area contributed by atoms with E-state index in [1.54, 1.807) is 18.9 Å². The van der Waals surface area contributed by atoms with Crippen molar-refractivity contribution in [2.75, 3.05) is 12.9 Å². The minimum absolute atomic E-state index is 0.139. The van der Waals surface area contributed by atoms with E-state index in [1.165, 1.54) is 0 Å². The molecule has 1 aromatic carbocycles. The van der Waals surface area contributed by atoms with Crippen molar-refractivity contribution in [3.63, 3.8) is 0 Å². The van der Waals surface area contributed by atoms with E-state index in [-0.39, 0.29) is 16.1 Å². The first-order valence-electron chi connectivity index (χ1n) is 6.01. The Kier molecular flexibility index (Phi) is 2.78. The lowest BCUT2D eigenvalue weighted by atomic mass is 9.94. The first-order chi connectivity index (χ1) is 9.16. The van der Waals surface area contributed by atoms with E-state index in [0.29, 0.717) is 11.5 Å². The Morgan fingerprint density at radius 1 is 1.53 bits per heavy atom. The van der Waals surface area contributed by atoms with E-state index >= 15 is 0 Å². The monoisotopic (exact) mass is 279 g/mol. The van der Waals surface area contributed by atoms with Gasteiger partial charge in [0.15, 0.2) is 0 Å². The maximum absolute atomic E-state index is 11.5. The molecule has 0 amide bonds. The predicted molar refractivity (Wildman–Crippen MR) is 71.0 cm³/mol. The van der Waals surface area contributed by atoms with Gasteiger partial charge < -0.3 is 9.53 Å². The van der Waals surface area contributed by atoms with Crippen LogP contribution in [-0.2, 0) is 4.79 Å². The molecule has 1 saturated heterocycles. The Morgan fingerprint density at radius 2 is 2.26 bits per heavy atom. The van der Waals surface area contributed by atoms with Crippen molar-refractivity contribution in [2.24, 2.45) is 11.3 Å². The van der Waals surface area contributed by atoms with Gasteiger partial charge in [-0.2, -0.15) is 11.8 Å². The summed E-state index contributed by atoms with van der Waals surface area (Å²) >= 11 is 1.61. The van der Waals surface area contributed by atoms with Gasteiger partial charge in [0.05, 0.1) is 18.3 Å². The summed E-state index contributed by atoms with van der Waals surface area (Å²) in [7, 11) is 1.57. The number of hydrogen-bond donors (Lipinski definition) is 0. The van der Waals surface area contributed by atoms with Crippen LogP contribution in [0.2, 0.25) is 0 Å². The fraction of sp³-hybridized carbons (Fsp3) is 0.462. The number of methoxy groups -OCH3 is 1. The van der Waals surface area contributed by atoms with E-state index in [4.69, 9.17) is 4.74 Å². The third kappa shape index (κ3) is 1.52. The Balaban J connectivity index is 2.02. The molecule has 4 atom stereocenters. The van der Waals surface area contributed by atoms with Gasteiger partial charge in [0, 0.05) is 16.2 Å². The van der Waals surface area contributed by atoms with Crippen LogP contribution in [0.15, 0.2) is 24.3 Å². The van der Waals surface area contributed by atoms with Crippen molar-refractivity contribution >= 4 is 18.0 Å². The highest BCUT2D eigenvalue weighted by Gasteiger charge is 2.80. The van der Waals surface area contributed by atoms with Crippen molar-refractivity contribution in [1.82, 2.24) is 0 Å². The van der Waals surface area contributed by atoms with E-state index in [0.717, 1.165) is 11.8 Å². The number of benzene rings is 1. The number of rotatable bonds is 4. The van der Waals surface area contributed by atoms with E-state index in [2.05, 4.69) is 0 Å². The first kappa shape index (κ1) is 12.5. The molecule has 100 valence electrons. The summed E-state index contributed by atoms with van der Waals surface area (Å²) < 4.78 is 5.31. The third-order valence-electron chi connectivity index (χ3n) is 4.18. The second-order valence-corrected chi connectivity index (χ2v) is 6.05. The number of aldehydes is 1. The van der Waals surface area contributed by atoms with Gasteiger partial charge in [-0.3, -0.25) is 10.1 Å². The number of nitrogens with zero attached hydrogens (tertiary/aromatic N) is 1. The minimum atomic E-state index is -0.844. The van der Waals surface area contributed by atoms with Gasteiger partial charge in [0.25, 0.3) is 0 Å². The van der Waals surface area contributed by atoms with Crippen LogP contribution in [0.5, 0.6) is 5.75 Å². The van der Waals surface area contributed by atoms with Gasteiger partial charge >= 0.3 is 0 Å². The lowest BCUT2D eigenvalue weighted by Gasteiger charge is -2.20. The maximum atomic E-state index is 11.5. The van der Waals surface area contributed by atoms with E-state index in [1.807, 2.05) is 24.3 Å². The molecule has 3 rings (SSSR count). The van der Waals surface area contributed by atoms with Gasteiger partial charge in [-0.1, -0.05) is 18.2 Å². The summed E-state index contributed by atoms with van der Waals surface area (Å²) in [6.45, 7) is 0. The maximum Gasteiger partial charge on any atom is 0.232 e. The van der Waals surface area contributed by atoms with Crippen molar-refractivity contribution < 1.29 is 14.5 Å². The Morgan fingerprint density at radius 3 is 2.84 bits per heavy atom. The molecule has 0 spiro atoms. The van der Waals surface area contributed by atoms with Gasteiger partial charge in [-0.05, 0) is 6.07 Å². The molecule has 2 fully saturated rings. The van der Waals surface area contributed by atoms with Crippen LogP contribution in [0.1, 0.15) is 10.8 Å². The topological polar surface area (TPSA) is 69.4 Å². The predicted octanol–water partition coefficient (Wildman–Crippen LogP) is 1.94. The van der Waals surface area contributed by atoms with Crippen molar-refractivity contribution in [3.8, 4) is 5.75 Å². The smallest absolute Gasteiger partial charge is 0.232 e. The van der Waals surface area contributed by atoms with Gasteiger partial charge in [0.2, 0.25) is 6.04 Å². The second kappa shape index (κ2) is 4.23. The van der Waals surface area contributed by atoms with Crippen LogP contribution < -0.4 is 4.74 Å². The summed E-state index contributed by atoms with van der Waals surface area (Å²) in [5.41, 5.74) is 0.0388. The van der Waals surface area contributed by atoms with Crippen LogP contribution in [-0.4, -0.2) is 30.1 Å². The zero-order valence-electron chi connectivity index (χ0n) is 10.3. The van der Waals surface area contributed by atoms with Crippen LogP contribution >= 0.6 is 11.8 Å². The number of ether oxygens (including phenoxy) is 1. The molecule has 1 aliphatic carbocycles. The fourth-order valence-electron chi connectivity index (χ4n) is 3.20. The Hall–Kier alpha value is -1.56. The van der Waals surface area contributed by atoms with Crippen molar-refractivity contribution in [3.05, 3.63) is 39.9 Å². The zero-order valence-corrected chi connectivity index (χ0v) is 11.1. The summed E-state index contributed by atoms with van der Waals surface area (Å²) in [5.74, 6) is 1.21. The standard InChI is InChI=1S/C13H13NO4S/c1-18-10-5-3-2-4-8(10)12-13(7-15)9(6-19-12)11(13)14(16)17/h2-5,7,9,11-12H,6H2,1H3/t9-,11-,12-,13-/m0/s1. The molecule has 2 aliphatic rings. The third-order valence-corrected chi connectivity index (χ3v) is 5.72. The quantitative estimate of drug-likeness (QED) is 0.478. The highest BCUT2D eigenvalue weighted by molar-refractivity contribution is 8.00. The summed E-state index contributed by atoms with van der Waals surface area (Å²) in [4.78, 5) is 22.3.